The summed E-state index contributed by atoms with van der Waals surface area (Å²) in [6.07, 6.45) is 7.06. The van der Waals surface area contributed by atoms with Crippen LogP contribution in [0.15, 0.2) is 54.3 Å². The Morgan fingerprint density at radius 3 is 2.23 bits per heavy atom. The van der Waals surface area contributed by atoms with Crippen LogP contribution in [-0.2, 0) is 0 Å². The summed E-state index contributed by atoms with van der Waals surface area (Å²) >= 11 is 0. The molecule has 1 aromatic carbocycles. The van der Waals surface area contributed by atoms with E-state index in [4.69, 9.17) is 5.11 Å². The van der Waals surface area contributed by atoms with Gasteiger partial charge >= 0.3 is 5.97 Å². The molecule has 0 heterocycles. The number of aliphatic hydroxyl groups excluding tert-OH is 1. The number of aliphatic hydroxyl groups is 1. The van der Waals surface area contributed by atoms with Crippen molar-refractivity contribution >= 4 is 17.9 Å². The summed E-state index contributed by atoms with van der Waals surface area (Å²) in [6, 6.07) is 4.85. The maximum Gasteiger partial charge on any atom is 0.338 e. The highest BCUT2D eigenvalue weighted by Crippen LogP contribution is 2.26. The van der Waals surface area contributed by atoms with Crippen molar-refractivity contribution < 1.29 is 19.8 Å². The Hall–Kier alpha value is -2.66. The molecule has 0 bridgehead atoms. The molecule has 0 radical (unpaired) electrons. The van der Waals surface area contributed by atoms with Crippen molar-refractivity contribution in [3.8, 4) is 0 Å². The lowest BCUT2D eigenvalue weighted by atomic mass is 10.0. The van der Waals surface area contributed by atoms with Crippen LogP contribution in [0.1, 0.15) is 54.8 Å². The van der Waals surface area contributed by atoms with Gasteiger partial charge < -0.3 is 15.1 Å². The number of benzene rings is 1. The Morgan fingerprint density at radius 2 is 1.81 bits per heavy atom. The molecule has 1 aromatic rings. The smallest absolute Gasteiger partial charge is 0.338 e. The second-order valence-corrected chi connectivity index (χ2v) is 4.78. The Labute approximate surface area is 157 Å². The lowest BCUT2D eigenvalue weighted by Gasteiger charge is -2.23. The van der Waals surface area contributed by atoms with E-state index < -0.39 is 5.97 Å². The predicted molar refractivity (Wildman–Crippen MR) is 109 cm³/mol. The minimum Gasteiger partial charge on any atom is -0.478 e. The first kappa shape index (κ1) is 25.6. The van der Waals surface area contributed by atoms with Crippen molar-refractivity contribution in [3.05, 3.63) is 65.4 Å². The topological polar surface area (TPSA) is 77.8 Å². The van der Waals surface area contributed by atoms with Gasteiger partial charge in [-0.05, 0) is 25.5 Å². The summed E-state index contributed by atoms with van der Waals surface area (Å²) in [6.45, 7) is 11.8. The molecule has 0 amide bonds. The SMILES string of the molecule is C=C(/C=C\C(=C/C)N(C)c1cccc(C=O)c1C(=O)O)CC.CC.CO. The number of aromatic carboxylic acids is 1. The van der Waals surface area contributed by atoms with Gasteiger partial charge in [0, 0.05) is 25.4 Å². The summed E-state index contributed by atoms with van der Waals surface area (Å²) in [5.41, 5.74) is 2.43. The number of carbonyl (C=O) groups excluding carboxylic acids is 1. The second-order valence-electron chi connectivity index (χ2n) is 4.78. The molecule has 0 aliphatic heterocycles. The third kappa shape index (κ3) is 7.49. The van der Waals surface area contributed by atoms with Crippen LogP contribution in [-0.4, -0.2) is 36.6 Å². The van der Waals surface area contributed by atoms with Crippen LogP contribution in [0, 0.1) is 0 Å². The summed E-state index contributed by atoms with van der Waals surface area (Å²) in [5.74, 6) is -1.12. The van der Waals surface area contributed by atoms with Crippen molar-refractivity contribution in [2.75, 3.05) is 19.1 Å². The molecule has 0 atom stereocenters. The van der Waals surface area contributed by atoms with Gasteiger partial charge in [0.15, 0.2) is 6.29 Å². The van der Waals surface area contributed by atoms with Crippen LogP contribution in [0.4, 0.5) is 5.69 Å². The zero-order valence-corrected chi connectivity index (χ0v) is 16.6. The molecule has 2 N–H and O–H groups in total. The molecule has 0 saturated heterocycles. The van der Waals surface area contributed by atoms with Crippen molar-refractivity contribution in [3.63, 3.8) is 0 Å². The van der Waals surface area contributed by atoms with E-state index in [9.17, 15) is 14.7 Å². The molecule has 0 aliphatic rings. The molecule has 5 nitrogen and oxygen atoms in total. The zero-order chi connectivity index (χ0) is 20.7. The van der Waals surface area contributed by atoms with Gasteiger partial charge in [0.2, 0.25) is 0 Å². The van der Waals surface area contributed by atoms with Gasteiger partial charge in [-0.1, -0.05) is 57.2 Å². The van der Waals surface area contributed by atoms with Crippen molar-refractivity contribution in [2.24, 2.45) is 0 Å². The Balaban J connectivity index is 0. The highest BCUT2D eigenvalue weighted by atomic mass is 16.4. The average Bonchev–Trinajstić information content (AvgIpc) is 2.70. The molecule has 26 heavy (non-hydrogen) atoms. The van der Waals surface area contributed by atoms with E-state index in [2.05, 4.69) is 6.58 Å². The monoisotopic (exact) mass is 361 g/mol. The molecule has 1 rings (SSSR count). The van der Waals surface area contributed by atoms with E-state index in [1.807, 2.05) is 45.9 Å². The molecule has 0 spiro atoms. The Kier molecular flexibility index (Phi) is 14.4. The first-order chi connectivity index (χ1) is 12.5. The number of aldehydes is 1. The number of rotatable bonds is 7. The van der Waals surface area contributed by atoms with Gasteiger partial charge in [-0.25, -0.2) is 4.79 Å². The van der Waals surface area contributed by atoms with E-state index in [0.29, 0.717) is 12.0 Å². The zero-order valence-electron chi connectivity index (χ0n) is 16.6. The largest absolute Gasteiger partial charge is 0.478 e. The average molecular weight is 361 g/mol. The predicted octanol–water partition coefficient (Wildman–Crippen LogP) is 4.69. The molecule has 0 fully saturated rings. The van der Waals surface area contributed by atoms with E-state index in [-0.39, 0.29) is 11.1 Å². The quantitative estimate of drug-likeness (QED) is 0.544. The highest BCUT2D eigenvalue weighted by Gasteiger charge is 2.18. The molecule has 0 unspecified atom stereocenters. The summed E-state index contributed by atoms with van der Waals surface area (Å²) in [5, 5.41) is 16.4. The van der Waals surface area contributed by atoms with Crippen LogP contribution in [0.5, 0.6) is 0 Å². The minimum atomic E-state index is -1.12. The van der Waals surface area contributed by atoms with Gasteiger partial charge in [0.25, 0.3) is 0 Å². The maximum atomic E-state index is 11.5. The highest BCUT2D eigenvalue weighted by molar-refractivity contribution is 6.02. The van der Waals surface area contributed by atoms with Gasteiger partial charge in [0.1, 0.15) is 0 Å². The third-order valence-corrected chi connectivity index (χ3v) is 3.40. The number of carbonyl (C=O) groups is 2. The van der Waals surface area contributed by atoms with Gasteiger partial charge in [0.05, 0.1) is 11.3 Å². The van der Waals surface area contributed by atoms with E-state index in [1.54, 1.807) is 24.1 Å². The third-order valence-electron chi connectivity index (χ3n) is 3.40. The normalized spacial score (nSPS) is 10.2. The standard InChI is InChI=1S/C18H21NO3.C2H6.CH4O/c1-5-13(3)10-11-15(6-2)19(4)16-9-7-8-14(12-20)17(16)18(21)22;2*1-2/h6-12H,3,5H2,1-2,4H3,(H,21,22);1-2H3;2H,1H3/b11-10-,15-6+;;. The number of likely N-dealkylation sites (N-methyl/N-ethyl adjacent to an activating group) is 1. The molecular formula is C21H31NO4. The number of allylic oxidation sites excluding steroid dienone is 4. The van der Waals surface area contributed by atoms with Gasteiger partial charge in [-0.2, -0.15) is 0 Å². The Morgan fingerprint density at radius 1 is 1.23 bits per heavy atom. The summed E-state index contributed by atoms with van der Waals surface area (Å²) in [7, 11) is 2.77. The lowest BCUT2D eigenvalue weighted by Crippen LogP contribution is -2.19. The maximum absolute atomic E-state index is 11.5. The van der Waals surface area contributed by atoms with E-state index >= 15 is 0 Å². The fourth-order valence-electron chi connectivity index (χ4n) is 2.03. The van der Waals surface area contributed by atoms with Gasteiger partial charge in [-0.3, -0.25) is 4.79 Å². The molecule has 144 valence electrons. The second kappa shape index (κ2) is 14.7. The molecular weight excluding hydrogens is 330 g/mol. The first-order valence-corrected chi connectivity index (χ1v) is 8.48. The van der Waals surface area contributed by atoms with Crippen LogP contribution in [0.25, 0.3) is 0 Å². The van der Waals surface area contributed by atoms with Crippen LogP contribution >= 0.6 is 0 Å². The van der Waals surface area contributed by atoms with Crippen LogP contribution in [0.3, 0.4) is 0 Å². The molecule has 0 aromatic heterocycles. The number of carboxylic acids is 1. The van der Waals surface area contributed by atoms with Gasteiger partial charge in [-0.15, -0.1) is 0 Å². The summed E-state index contributed by atoms with van der Waals surface area (Å²) in [4.78, 5) is 24.3. The molecule has 0 aliphatic carbocycles. The van der Waals surface area contributed by atoms with Crippen LogP contribution < -0.4 is 4.90 Å². The number of anilines is 1. The van der Waals surface area contributed by atoms with E-state index in [1.165, 1.54) is 6.07 Å². The van der Waals surface area contributed by atoms with Crippen molar-refractivity contribution in [2.45, 2.75) is 34.1 Å². The summed E-state index contributed by atoms with van der Waals surface area (Å²) < 4.78 is 0. The number of carboxylic acid groups (broad SMARTS) is 1. The number of hydrogen-bond donors (Lipinski definition) is 2. The Bertz CT molecular complexity index is 645. The first-order valence-electron chi connectivity index (χ1n) is 8.48. The van der Waals surface area contributed by atoms with Crippen molar-refractivity contribution in [1.82, 2.24) is 0 Å². The van der Waals surface area contributed by atoms with Crippen LogP contribution in [0.2, 0.25) is 0 Å². The van der Waals surface area contributed by atoms with Crippen molar-refractivity contribution in [1.29, 1.82) is 0 Å². The van der Waals surface area contributed by atoms with E-state index in [0.717, 1.165) is 24.8 Å². The fourth-order valence-corrected chi connectivity index (χ4v) is 2.03. The lowest BCUT2D eigenvalue weighted by molar-refractivity contribution is 0.0694. The number of hydrogen-bond acceptors (Lipinski definition) is 4. The fraction of sp³-hybridized carbons (Fsp3) is 0.333. The minimum absolute atomic E-state index is 0.00191. The molecule has 5 heteroatoms. The molecule has 0 saturated carbocycles. The number of nitrogens with zero attached hydrogens (tertiary/aromatic N) is 1.